The van der Waals surface area contributed by atoms with Gasteiger partial charge in [-0.2, -0.15) is 0 Å². The molecule has 0 aromatic heterocycles. The van der Waals surface area contributed by atoms with Gasteiger partial charge in [0.15, 0.2) is 0 Å². The van der Waals surface area contributed by atoms with Gasteiger partial charge >= 0.3 is 0 Å². The van der Waals surface area contributed by atoms with Gasteiger partial charge in [-0.3, -0.25) is 4.90 Å². The molecule has 1 aromatic carbocycles. The summed E-state index contributed by atoms with van der Waals surface area (Å²) in [6.45, 7) is 8.47. The summed E-state index contributed by atoms with van der Waals surface area (Å²) in [7, 11) is 0. The molecule has 0 amide bonds. The van der Waals surface area contributed by atoms with Gasteiger partial charge in [0.2, 0.25) is 0 Å². The Morgan fingerprint density at radius 2 is 1.75 bits per heavy atom. The third-order valence-corrected chi connectivity index (χ3v) is 4.17. The van der Waals surface area contributed by atoms with Crippen LogP contribution in [-0.2, 0) is 17.8 Å². The molecule has 1 saturated carbocycles. The highest BCUT2D eigenvalue weighted by atomic mass is 16.5. The van der Waals surface area contributed by atoms with Gasteiger partial charge in [0, 0.05) is 32.2 Å². The Balaban J connectivity index is 1.63. The second kappa shape index (κ2) is 6.25. The zero-order valence-electron chi connectivity index (χ0n) is 12.6. The molecular formula is C17H26N2O. The van der Waals surface area contributed by atoms with Crippen LogP contribution in [0, 0.1) is 0 Å². The van der Waals surface area contributed by atoms with E-state index in [9.17, 15) is 0 Å². The molecule has 0 bridgehead atoms. The molecule has 0 radical (unpaired) electrons. The van der Waals surface area contributed by atoms with Crippen LogP contribution >= 0.6 is 0 Å². The summed E-state index contributed by atoms with van der Waals surface area (Å²) >= 11 is 0. The Morgan fingerprint density at radius 1 is 1.10 bits per heavy atom. The summed E-state index contributed by atoms with van der Waals surface area (Å²) < 4.78 is 5.82. The lowest BCUT2D eigenvalue weighted by atomic mass is 10.1. The van der Waals surface area contributed by atoms with E-state index >= 15 is 0 Å². The summed E-state index contributed by atoms with van der Waals surface area (Å²) in [6, 6.07) is 9.61. The van der Waals surface area contributed by atoms with Crippen LogP contribution in [0.4, 0.5) is 0 Å². The zero-order chi connectivity index (χ0) is 13.9. The normalized spacial score (nSPS) is 27.7. The van der Waals surface area contributed by atoms with Crippen molar-refractivity contribution in [3.05, 3.63) is 35.4 Å². The fraction of sp³-hybridized carbons (Fsp3) is 0.647. The summed E-state index contributed by atoms with van der Waals surface area (Å²) in [5.74, 6) is 0. The van der Waals surface area contributed by atoms with Gasteiger partial charge in [-0.15, -0.1) is 0 Å². The van der Waals surface area contributed by atoms with E-state index in [0.29, 0.717) is 12.2 Å². The van der Waals surface area contributed by atoms with E-state index in [2.05, 4.69) is 48.3 Å². The highest BCUT2D eigenvalue weighted by Crippen LogP contribution is 2.21. The molecule has 1 aliphatic heterocycles. The lowest BCUT2D eigenvalue weighted by Gasteiger charge is -2.35. The molecule has 2 atom stereocenters. The Bertz CT molecular complexity index is 434. The van der Waals surface area contributed by atoms with Gasteiger partial charge < -0.3 is 10.1 Å². The van der Waals surface area contributed by atoms with Crippen LogP contribution in [0.25, 0.3) is 0 Å². The summed E-state index contributed by atoms with van der Waals surface area (Å²) in [6.07, 6.45) is 3.38. The molecule has 1 aliphatic carbocycles. The third kappa shape index (κ3) is 3.81. The summed E-state index contributed by atoms with van der Waals surface area (Å²) in [5.41, 5.74) is 2.91. The molecule has 2 fully saturated rings. The topological polar surface area (TPSA) is 24.5 Å². The van der Waals surface area contributed by atoms with Crippen LogP contribution in [0.1, 0.15) is 37.8 Å². The van der Waals surface area contributed by atoms with E-state index in [1.807, 2.05) is 0 Å². The van der Waals surface area contributed by atoms with Gasteiger partial charge in [0.05, 0.1) is 12.2 Å². The molecule has 110 valence electrons. The van der Waals surface area contributed by atoms with Gasteiger partial charge in [-0.1, -0.05) is 24.3 Å². The van der Waals surface area contributed by atoms with E-state index in [1.165, 1.54) is 24.0 Å². The second-order valence-electron chi connectivity index (χ2n) is 6.38. The van der Waals surface area contributed by atoms with Crippen LogP contribution in [-0.4, -0.2) is 36.2 Å². The predicted octanol–water partition coefficient (Wildman–Crippen LogP) is 2.55. The minimum atomic E-state index is 0.343. The van der Waals surface area contributed by atoms with E-state index in [4.69, 9.17) is 4.74 Å². The van der Waals surface area contributed by atoms with E-state index in [0.717, 1.165) is 32.2 Å². The second-order valence-corrected chi connectivity index (χ2v) is 6.38. The summed E-state index contributed by atoms with van der Waals surface area (Å²) in [5, 5.41) is 3.62. The number of hydrogen-bond donors (Lipinski definition) is 1. The Labute approximate surface area is 122 Å². The Kier molecular flexibility index (Phi) is 4.39. The molecule has 20 heavy (non-hydrogen) atoms. The van der Waals surface area contributed by atoms with Crippen molar-refractivity contribution in [2.75, 3.05) is 13.1 Å². The first-order chi connectivity index (χ1) is 9.70. The quantitative estimate of drug-likeness (QED) is 0.893. The van der Waals surface area contributed by atoms with E-state index in [1.54, 1.807) is 0 Å². The molecule has 1 heterocycles. The molecule has 3 heteroatoms. The first-order valence-electron chi connectivity index (χ1n) is 7.88. The van der Waals surface area contributed by atoms with Crippen molar-refractivity contribution in [2.24, 2.45) is 0 Å². The van der Waals surface area contributed by atoms with E-state index in [-0.39, 0.29) is 0 Å². The maximum absolute atomic E-state index is 5.82. The zero-order valence-corrected chi connectivity index (χ0v) is 12.6. The van der Waals surface area contributed by atoms with Crippen LogP contribution in [0.5, 0.6) is 0 Å². The first-order valence-corrected chi connectivity index (χ1v) is 7.88. The maximum Gasteiger partial charge on any atom is 0.0678 e. The third-order valence-electron chi connectivity index (χ3n) is 4.17. The van der Waals surface area contributed by atoms with Crippen molar-refractivity contribution in [3.8, 4) is 0 Å². The molecule has 3 rings (SSSR count). The molecule has 0 spiro atoms. The Hall–Kier alpha value is -0.900. The van der Waals surface area contributed by atoms with Crippen molar-refractivity contribution < 1.29 is 4.74 Å². The fourth-order valence-corrected chi connectivity index (χ4v) is 3.08. The number of ether oxygens (including phenoxy) is 1. The molecule has 2 unspecified atom stereocenters. The highest BCUT2D eigenvalue weighted by Gasteiger charge is 2.23. The van der Waals surface area contributed by atoms with Gasteiger partial charge in [-0.05, 0) is 37.8 Å². The van der Waals surface area contributed by atoms with Gasteiger partial charge in [0.1, 0.15) is 0 Å². The molecule has 2 aliphatic rings. The predicted molar refractivity (Wildman–Crippen MR) is 81.6 cm³/mol. The van der Waals surface area contributed by atoms with Crippen molar-refractivity contribution in [1.29, 1.82) is 0 Å². The van der Waals surface area contributed by atoms with Crippen LogP contribution < -0.4 is 5.32 Å². The van der Waals surface area contributed by atoms with Crippen LogP contribution in [0.15, 0.2) is 24.3 Å². The number of benzene rings is 1. The SMILES string of the molecule is CC1CN(Cc2ccccc2CNC2CC2)CC(C)O1. The number of morpholine rings is 1. The molecule has 1 N–H and O–H groups in total. The van der Waals surface area contributed by atoms with Crippen molar-refractivity contribution >= 4 is 0 Å². The number of rotatable bonds is 5. The van der Waals surface area contributed by atoms with Crippen LogP contribution in [0.3, 0.4) is 0 Å². The van der Waals surface area contributed by atoms with Gasteiger partial charge in [0.25, 0.3) is 0 Å². The largest absolute Gasteiger partial charge is 0.373 e. The van der Waals surface area contributed by atoms with E-state index < -0.39 is 0 Å². The fourth-order valence-electron chi connectivity index (χ4n) is 3.08. The number of hydrogen-bond acceptors (Lipinski definition) is 3. The minimum Gasteiger partial charge on any atom is -0.373 e. The molecular weight excluding hydrogens is 248 g/mol. The molecule has 1 saturated heterocycles. The van der Waals surface area contributed by atoms with Crippen molar-refractivity contribution in [3.63, 3.8) is 0 Å². The average Bonchev–Trinajstić information content (AvgIpc) is 3.20. The summed E-state index contributed by atoms with van der Waals surface area (Å²) in [4.78, 5) is 2.52. The molecule has 1 aromatic rings. The number of nitrogens with one attached hydrogen (secondary N) is 1. The first kappa shape index (κ1) is 14.1. The monoisotopic (exact) mass is 274 g/mol. The average molecular weight is 274 g/mol. The minimum absolute atomic E-state index is 0.343. The standard InChI is InChI=1S/C17H26N2O/c1-13-10-19(11-14(2)20-13)12-16-6-4-3-5-15(16)9-18-17-7-8-17/h3-6,13-14,17-18H,7-12H2,1-2H3. The molecule has 3 nitrogen and oxygen atoms in total. The lowest BCUT2D eigenvalue weighted by Crippen LogP contribution is -2.45. The smallest absolute Gasteiger partial charge is 0.0678 e. The maximum atomic E-state index is 5.82. The lowest BCUT2D eigenvalue weighted by molar-refractivity contribution is -0.0705. The Morgan fingerprint density at radius 3 is 2.40 bits per heavy atom. The van der Waals surface area contributed by atoms with Crippen molar-refractivity contribution in [1.82, 2.24) is 10.2 Å². The number of nitrogens with zero attached hydrogens (tertiary/aromatic N) is 1. The van der Waals surface area contributed by atoms with Gasteiger partial charge in [-0.25, -0.2) is 0 Å². The van der Waals surface area contributed by atoms with Crippen molar-refractivity contribution in [2.45, 2.75) is 58.0 Å². The highest BCUT2D eigenvalue weighted by molar-refractivity contribution is 5.27. The van der Waals surface area contributed by atoms with Crippen LogP contribution in [0.2, 0.25) is 0 Å².